The lowest BCUT2D eigenvalue weighted by atomic mass is 9.96. The quantitative estimate of drug-likeness (QED) is 0.803. The summed E-state index contributed by atoms with van der Waals surface area (Å²) >= 11 is 7.56. The molecule has 0 bridgehead atoms. The van der Waals surface area contributed by atoms with Crippen LogP contribution in [0, 0.1) is 6.92 Å². The number of aryl methyl sites for hydroxylation is 1. The lowest BCUT2D eigenvalue weighted by Gasteiger charge is -2.22. The molecule has 1 amide bonds. The van der Waals surface area contributed by atoms with Crippen molar-refractivity contribution in [3.63, 3.8) is 0 Å². The number of rotatable bonds is 5. The molecule has 2 N–H and O–H groups in total. The molecule has 3 rings (SSSR count). The fourth-order valence-corrected chi connectivity index (χ4v) is 4.15. The summed E-state index contributed by atoms with van der Waals surface area (Å²) in [4.78, 5) is 17.6. The van der Waals surface area contributed by atoms with Crippen molar-refractivity contribution in [1.29, 1.82) is 0 Å². The highest BCUT2D eigenvalue weighted by atomic mass is 35.5. The summed E-state index contributed by atoms with van der Waals surface area (Å²) in [5.41, 5.74) is 1.69. The first kappa shape index (κ1) is 17.2. The molecule has 0 atom stereocenters. The Bertz CT molecular complexity index is 710. The highest BCUT2D eigenvalue weighted by Gasteiger charge is 2.19. The minimum atomic E-state index is -0.0957. The number of carbonyl (C=O) groups excluding carboxylic acids is 1. The van der Waals surface area contributed by atoms with Crippen LogP contribution in [0.5, 0.6) is 0 Å². The van der Waals surface area contributed by atoms with Crippen molar-refractivity contribution < 1.29 is 4.79 Å². The van der Waals surface area contributed by atoms with Crippen molar-refractivity contribution in [2.24, 2.45) is 0 Å². The van der Waals surface area contributed by atoms with Gasteiger partial charge >= 0.3 is 0 Å². The number of nitrogens with one attached hydrogen (secondary N) is 2. The van der Waals surface area contributed by atoms with Gasteiger partial charge in [0.2, 0.25) is 0 Å². The highest BCUT2D eigenvalue weighted by Crippen LogP contribution is 2.27. The zero-order valence-electron chi connectivity index (χ0n) is 13.8. The number of amides is 1. The Labute approximate surface area is 151 Å². The molecule has 1 aromatic carbocycles. The van der Waals surface area contributed by atoms with E-state index in [2.05, 4.69) is 15.6 Å². The number of thiazole rings is 1. The summed E-state index contributed by atoms with van der Waals surface area (Å²) in [6.45, 7) is 2.30. The lowest BCUT2D eigenvalue weighted by molar-refractivity contribution is 0.0954. The average molecular weight is 364 g/mol. The van der Waals surface area contributed by atoms with Gasteiger partial charge in [0.15, 0.2) is 5.13 Å². The molecular weight excluding hydrogens is 342 g/mol. The predicted molar refractivity (Wildman–Crippen MR) is 100.0 cm³/mol. The number of nitrogens with zero attached hydrogens (tertiary/aromatic N) is 1. The number of benzene rings is 1. The molecule has 1 aliphatic rings. The first-order chi connectivity index (χ1) is 11.6. The molecule has 24 heavy (non-hydrogen) atoms. The third-order valence-electron chi connectivity index (χ3n) is 4.33. The third kappa shape index (κ3) is 4.28. The Morgan fingerprint density at radius 2 is 2.04 bits per heavy atom. The van der Waals surface area contributed by atoms with E-state index in [9.17, 15) is 4.79 Å². The van der Waals surface area contributed by atoms with E-state index in [0.717, 1.165) is 16.4 Å². The van der Waals surface area contributed by atoms with Gasteiger partial charge in [0.25, 0.3) is 5.91 Å². The maximum Gasteiger partial charge on any atom is 0.263 e. The summed E-state index contributed by atoms with van der Waals surface area (Å²) < 4.78 is 0. The second-order valence-corrected chi connectivity index (χ2v) is 7.59. The molecule has 1 saturated carbocycles. The van der Waals surface area contributed by atoms with E-state index in [-0.39, 0.29) is 5.91 Å². The zero-order valence-corrected chi connectivity index (χ0v) is 15.3. The van der Waals surface area contributed by atoms with Gasteiger partial charge in [-0.05, 0) is 31.4 Å². The predicted octanol–water partition coefficient (Wildman–Crippen LogP) is 4.78. The Kier molecular flexibility index (Phi) is 5.74. The number of anilines is 1. The molecule has 1 fully saturated rings. The second kappa shape index (κ2) is 7.99. The van der Waals surface area contributed by atoms with E-state index >= 15 is 0 Å². The Hall–Kier alpha value is -1.59. The Morgan fingerprint density at radius 1 is 1.29 bits per heavy atom. The number of hydrogen-bond donors (Lipinski definition) is 2. The number of hydrogen-bond acceptors (Lipinski definition) is 4. The highest BCUT2D eigenvalue weighted by molar-refractivity contribution is 7.17. The third-order valence-corrected chi connectivity index (χ3v) is 5.79. The van der Waals surface area contributed by atoms with Gasteiger partial charge in [-0.1, -0.05) is 60.4 Å². The van der Waals surface area contributed by atoms with E-state index in [1.54, 1.807) is 0 Å². The van der Waals surface area contributed by atoms with Crippen LogP contribution in [0.2, 0.25) is 5.02 Å². The molecule has 4 nitrogen and oxygen atoms in total. The second-order valence-electron chi connectivity index (χ2n) is 6.19. The standard InChI is InChI=1S/C18H22ClN3OS/c1-12-16(17(23)20-11-13-7-5-6-10-15(13)19)24-18(21-12)22-14-8-3-2-4-9-14/h5-7,10,14H,2-4,8-9,11H2,1H3,(H,20,23)(H,21,22). The maximum absolute atomic E-state index is 12.4. The van der Waals surface area contributed by atoms with Crippen LogP contribution in [0.15, 0.2) is 24.3 Å². The summed E-state index contributed by atoms with van der Waals surface area (Å²) in [6, 6.07) is 8.02. The number of aromatic nitrogens is 1. The van der Waals surface area contributed by atoms with Crippen LogP contribution >= 0.6 is 22.9 Å². The number of carbonyl (C=O) groups is 1. The van der Waals surface area contributed by atoms with Crippen molar-refractivity contribution in [2.75, 3.05) is 5.32 Å². The fraction of sp³-hybridized carbons (Fsp3) is 0.444. The van der Waals surface area contributed by atoms with E-state index in [0.29, 0.717) is 22.5 Å². The van der Waals surface area contributed by atoms with Crippen LogP contribution in [0.3, 0.4) is 0 Å². The molecule has 0 radical (unpaired) electrons. The summed E-state index contributed by atoms with van der Waals surface area (Å²) in [7, 11) is 0. The summed E-state index contributed by atoms with van der Waals surface area (Å²) in [5, 5.41) is 7.93. The molecule has 2 aromatic rings. The van der Waals surface area contributed by atoms with E-state index in [4.69, 9.17) is 11.6 Å². The summed E-state index contributed by atoms with van der Waals surface area (Å²) in [5.74, 6) is -0.0957. The van der Waals surface area contributed by atoms with Crippen LogP contribution < -0.4 is 10.6 Å². The fourth-order valence-electron chi connectivity index (χ4n) is 2.99. The SMILES string of the molecule is Cc1nc(NC2CCCCC2)sc1C(=O)NCc1ccccc1Cl. The molecule has 0 spiro atoms. The van der Waals surface area contributed by atoms with Crippen LogP contribution in [-0.4, -0.2) is 16.9 Å². The largest absolute Gasteiger partial charge is 0.359 e. The molecule has 6 heteroatoms. The smallest absolute Gasteiger partial charge is 0.263 e. The van der Waals surface area contributed by atoms with Gasteiger partial charge in [-0.3, -0.25) is 4.79 Å². The van der Waals surface area contributed by atoms with Crippen LogP contribution in [0.4, 0.5) is 5.13 Å². The monoisotopic (exact) mass is 363 g/mol. The topological polar surface area (TPSA) is 54.0 Å². The van der Waals surface area contributed by atoms with Crippen molar-refractivity contribution in [3.05, 3.63) is 45.4 Å². The Morgan fingerprint density at radius 3 is 2.79 bits per heavy atom. The van der Waals surface area contributed by atoms with Crippen molar-refractivity contribution in [3.8, 4) is 0 Å². The van der Waals surface area contributed by atoms with Crippen molar-refractivity contribution in [2.45, 2.75) is 51.6 Å². The van der Waals surface area contributed by atoms with Crippen LogP contribution in [-0.2, 0) is 6.54 Å². The molecular formula is C18H22ClN3OS. The van der Waals surface area contributed by atoms with Crippen LogP contribution in [0.25, 0.3) is 0 Å². The van der Waals surface area contributed by atoms with Gasteiger partial charge in [0.05, 0.1) is 5.69 Å². The first-order valence-corrected chi connectivity index (χ1v) is 9.58. The van der Waals surface area contributed by atoms with Gasteiger partial charge in [-0.15, -0.1) is 0 Å². The van der Waals surface area contributed by atoms with Crippen molar-refractivity contribution in [1.82, 2.24) is 10.3 Å². The zero-order chi connectivity index (χ0) is 16.9. The van der Waals surface area contributed by atoms with Gasteiger partial charge in [0, 0.05) is 17.6 Å². The van der Waals surface area contributed by atoms with Crippen molar-refractivity contribution >= 4 is 34.0 Å². The van der Waals surface area contributed by atoms with E-state index in [1.165, 1.54) is 43.4 Å². The van der Waals surface area contributed by atoms with Gasteiger partial charge in [-0.25, -0.2) is 4.98 Å². The lowest BCUT2D eigenvalue weighted by Crippen LogP contribution is -2.22. The average Bonchev–Trinajstić information content (AvgIpc) is 2.95. The maximum atomic E-state index is 12.4. The van der Waals surface area contributed by atoms with Gasteiger partial charge in [0.1, 0.15) is 4.88 Å². The Balaban J connectivity index is 1.61. The normalized spacial score (nSPS) is 15.2. The molecule has 1 heterocycles. The first-order valence-electron chi connectivity index (χ1n) is 8.39. The van der Waals surface area contributed by atoms with E-state index < -0.39 is 0 Å². The molecule has 0 aliphatic heterocycles. The number of halogens is 1. The molecule has 1 aromatic heterocycles. The van der Waals surface area contributed by atoms with Crippen LogP contribution in [0.1, 0.15) is 53.0 Å². The van der Waals surface area contributed by atoms with Gasteiger partial charge < -0.3 is 10.6 Å². The minimum absolute atomic E-state index is 0.0957. The van der Waals surface area contributed by atoms with Gasteiger partial charge in [-0.2, -0.15) is 0 Å². The molecule has 1 aliphatic carbocycles. The van der Waals surface area contributed by atoms with E-state index in [1.807, 2.05) is 31.2 Å². The summed E-state index contributed by atoms with van der Waals surface area (Å²) in [6.07, 6.45) is 6.24. The molecule has 128 valence electrons. The minimum Gasteiger partial charge on any atom is -0.359 e. The molecule has 0 unspecified atom stereocenters. The molecule has 0 saturated heterocycles.